The Kier molecular flexibility index (Phi) is 5.09. The molecule has 1 spiro atoms. The van der Waals surface area contributed by atoms with E-state index in [-0.39, 0.29) is 11.5 Å². The van der Waals surface area contributed by atoms with Crippen LogP contribution in [0.5, 0.6) is 0 Å². The number of nitrogens with one attached hydrogen (secondary N) is 1. The molecule has 2 heterocycles. The summed E-state index contributed by atoms with van der Waals surface area (Å²) in [4.78, 5) is 18.5. The fourth-order valence-electron chi connectivity index (χ4n) is 4.20. The van der Waals surface area contributed by atoms with Crippen molar-refractivity contribution in [2.45, 2.75) is 78.0 Å². The topological polar surface area (TPSA) is 67.6 Å². The normalized spacial score (nSPS) is 27.0. The molecule has 2 atom stereocenters. The quantitative estimate of drug-likeness (QED) is 0.902. The molecule has 140 valence electrons. The van der Waals surface area contributed by atoms with Gasteiger partial charge in [-0.1, -0.05) is 12.8 Å². The van der Waals surface area contributed by atoms with Crippen LogP contribution >= 0.6 is 0 Å². The number of carbonyl (C=O) groups is 1. The number of oxazole rings is 1. The van der Waals surface area contributed by atoms with Crippen LogP contribution in [0.1, 0.15) is 64.5 Å². The summed E-state index contributed by atoms with van der Waals surface area (Å²) in [7, 11) is 0. The Morgan fingerprint density at radius 2 is 2.24 bits per heavy atom. The summed E-state index contributed by atoms with van der Waals surface area (Å²) in [6.07, 6.45) is 7.44. The number of ether oxygens (including phenoxy) is 1. The lowest BCUT2D eigenvalue weighted by atomic mass is 9.69. The van der Waals surface area contributed by atoms with Crippen molar-refractivity contribution in [3.63, 3.8) is 0 Å². The van der Waals surface area contributed by atoms with Crippen molar-refractivity contribution < 1.29 is 13.9 Å². The zero-order valence-electron chi connectivity index (χ0n) is 15.9. The van der Waals surface area contributed by atoms with Crippen LogP contribution in [-0.4, -0.2) is 40.7 Å². The van der Waals surface area contributed by atoms with Crippen molar-refractivity contribution in [3.8, 4) is 0 Å². The summed E-state index contributed by atoms with van der Waals surface area (Å²) >= 11 is 0. The van der Waals surface area contributed by atoms with E-state index in [9.17, 15) is 4.79 Å². The van der Waals surface area contributed by atoms with E-state index >= 15 is 0 Å². The maximum absolute atomic E-state index is 12.4. The summed E-state index contributed by atoms with van der Waals surface area (Å²) in [5.41, 5.74) is -0.286. The highest BCUT2D eigenvalue weighted by molar-refractivity contribution is 5.68. The fourth-order valence-corrected chi connectivity index (χ4v) is 4.20. The molecule has 6 nitrogen and oxygen atoms in total. The predicted octanol–water partition coefficient (Wildman–Crippen LogP) is 3.64. The third-order valence-electron chi connectivity index (χ3n) is 5.39. The maximum atomic E-state index is 12.4. The van der Waals surface area contributed by atoms with Crippen molar-refractivity contribution in [1.29, 1.82) is 0 Å². The molecule has 1 N–H and O–H groups in total. The SMILES string of the molecule is Cc1ncc(CNC2CCCCC23CCN(C(=O)OC(C)(C)C)C3)o1. The minimum absolute atomic E-state index is 0.157. The summed E-state index contributed by atoms with van der Waals surface area (Å²) in [6.45, 7) is 9.88. The van der Waals surface area contributed by atoms with E-state index < -0.39 is 5.60 Å². The van der Waals surface area contributed by atoms with Crippen molar-refractivity contribution in [3.05, 3.63) is 17.8 Å². The average Bonchev–Trinajstić information content (AvgIpc) is 3.12. The summed E-state index contributed by atoms with van der Waals surface area (Å²) in [5, 5.41) is 3.68. The van der Waals surface area contributed by atoms with Crippen LogP contribution in [0, 0.1) is 12.3 Å². The van der Waals surface area contributed by atoms with Gasteiger partial charge < -0.3 is 19.4 Å². The highest BCUT2D eigenvalue weighted by Gasteiger charge is 2.47. The first-order chi connectivity index (χ1) is 11.8. The highest BCUT2D eigenvalue weighted by atomic mass is 16.6. The summed E-state index contributed by atoms with van der Waals surface area (Å²) < 4.78 is 11.1. The molecule has 1 aromatic rings. The van der Waals surface area contributed by atoms with Gasteiger partial charge >= 0.3 is 6.09 Å². The number of hydrogen-bond acceptors (Lipinski definition) is 5. The number of nitrogens with zero attached hydrogens (tertiary/aromatic N) is 2. The van der Waals surface area contributed by atoms with Gasteiger partial charge in [0.25, 0.3) is 0 Å². The number of likely N-dealkylation sites (tertiary alicyclic amines) is 1. The van der Waals surface area contributed by atoms with Crippen LogP contribution in [0.15, 0.2) is 10.6 Å². The first-order valence-electron chi connectivity index (χ1n) is 9.40. The van der Waals surface area contributed by atoms with Gasteiger partial charge in [-0.05, 0) is 40.0 Å². The first-order valence-corrected chi connectivity index (χ1v) is 9.40. The van der Waals surface area contributed by atoms with Gasteiger partial charge in [0, 0.05) is 31.5 Å². The van der Waals surface area contributed by atoms with Gasteiger partial charge in [-0.3, -0.25) is 0 Å². The lowest BCUT2D eigenvalue weighted by Gasteiger charge is -2.42. The number of aryl methyl sites for hydroxylation is 1. The van der Waals surface area contributed by atoms with Crippen LogP contribution in [0.2, 0.25) is 0 Å². The molecule has 25 heavy (non-hydrogen) atoms. The molecule has 0 aromatic carbocycles. The average molecular weight is 349 g/mol. The Labute approximate surface area is 150 Å². The molecule has 1 aromatic heterocycles. The molecule has 2 fully saturated rings. The molecule has 3 rings (SSSR count). The van der Waals surface area contributed by atoms with Gasteiger partial charge in [-0.2, -0.15) is 0 Å². The van der Waals surface area contributed by atoms with Crippen LogP contribution in [0.4, 0.5) is 4.79 Å². The standard InChI is InChI=1S/C19H31N3O3/c1-14-20-11-15(24-14)12-21-16-7-5-6-8-19(16)9-10-22(13-19)17(23)25-18(2,3)4/h11,16,21H,5-10,12-13H2,1-4H3. The Hall–Kier alpha value is -1.56. The molecule has 1 saturated heterocycles. The van der Waals surface area contributed by atoms with Crippen molar-refractivity contribution in [2.24, 2.45) is 5.41 Å². The number of aromatic nitrogens is 1. The van der Waals surface area contributed by atoms with Crippen molar-refractivity contribution in [1.82, 2.24) is 15.2 Å². The molecule has 1 saturated carbocycles. The van der Waals surface area contributed by atoms with Crippen LogP contribution in [0.3, 0.4) is 0 Å². The number of rotatable bonds is 3. The Balaban J connectivity index is 1.63. The Morgan fingerprint density at radius 3 is 2.92 bits per heavy atom. The monoisotopic (exact) mass is 349 g/mol. The minimum atomic E-state index is -0.443. The van der Waals surface area contributed by atoms with Gasteiger partial charge in [0.05, 0.1) is 12.7 Å². The Bertz CT molecular complexity index is 607. The molecular weight excluding hydrogens is 318 g/mol. The van der Waals surface area contributed by atoms with E-state index in [0.717, 1.165) is 31.7 Å². The Morgan fingerprint density at radius 1 is 1.44 bits per heavy atom. The van der Waals surface area contributed by atoms with E-state index in [1.807, 2.05) is 32.6 Å². The number of amides is 1. The van der Waals surface area contributed by atoms with E-state index in [4.69, 9.17) is 9.15 Å². The molecule has 0 bridgehead atoms. The second-order valence-electron chi connectivity index (χ2n) is 8.54. The molecule has 1 aliphatic heterocycles. The van der Waals surface area contributed by atoms with Crippen molar-refractivity contribution >= 4 is 6.09 Å². The zero-order valence-corrected chi connectivity index (χ0v) is 15.9. The summed E-state index contributed by atoms with van der Waals surface area (Å²) in [6, 6.07) is 0.402. The van der Waals surface area contributed by atoms with E-state index in [1.54, 1.807) is 6.20 Å². The van der Waals surface area contributed by atoms with Gasteiger partial charge in [0.1, 0.15) is 11.4 Å². The number of carbonyl (C=O) groups excluding carboxylic acids is 1. The third-order valence-corrected chi connectivity index (χ3v) is 5.39. The predicted molar refractivity (Wildman–Crippen MR) is 95.2 cm³/mol. The zero-order chi connectivity index (χ0) is 18.1. The smallest absolute Gasteiger partial charge is 0.410 e. The molecule has 2 unspecified atom stereocenters. The van der Waals surface area contributed by atoms with Gasteiger partial charge in [0.2, 0.25) is 0 Å². The van der Waals surface area contributed by atoms with Crippen LogP contribution in [0.25, 0.3) is 0 Å². The molecule has 1 amide bonds. The minimum Gasteiger partial charge on any atom is -0.445 e. The van der Waals surface area contributed by atoms with Crippen LogP contribution in [-0.2, 0) is 11.3 Å². The maximum Gasteiger partial charge on any atom is 0.410 e. The first kappa shape index (κ1) is 18.2. The van der Waals surface area contributed by atoms with E-state index in [1.165, 1.54) is 19.3 Å². The fraction of sp³-hybridized carbons (Fsp3) is 0.789. The largest absolute Gasteiger partial charge is 0.445 e. The highest BCUT2D eigenvalue weighted by Crippen LogP contribution is 2.44. The number of hydrogen-bond donors (Lipinski definition) is 1. The van der Waals surface area contributed by atoms with Crippen LogP contribution < -0.4 is 5.32 Å². The second-order valence-corrected chi connectivity index (χ2v) is 8.54. The molecular formula is C19H31N3O3. The lowest BCUT2D eigenvalue weighted by Crippen LogP contribution is -2.49. The summed E-state index contributed by atoms with van der Waals surface area (Å²) in [5.74, 6) is 1.58. The molecule has 2 aliphatic rings. The molecule has 1 aliphatic carbocycles. The second kappa shape index (κ2) is 6.98. The van der Waals surface area contributed by atoms with E-state index in [0.29, 0.717) is 18.5 Å². The lowest BCUT2D eigenvalue weighted by molar-refractivity contribution is 0.0246. The third kappa shape index (κ3) is 4.35. The van der Waals surface area contributed by atoms with Crippen molar-refractivity contribution in [2.75, 3.05) is 13.1 Å². The molecule has 6 heteroatoms. The van der Waals surface area contributed by atoms with Gasteiger partial charge in [-0.25, -0.2) is 9.78 Å². The van der Waals surface area contributed by atoms with Gasteiger partial charge in [0.15, 0.2) is 5.89 Å². The van der Waals surface area contributed by atoms with E-state index in [2.05, 4.69) is 10.3 Å². The van der Waals surface area contributed by atoms with Gasteiger partial charge in [-0.15, -0.1) is 0 Å². The molecule has 0 radical (unpaired) electrons.